The van der Waals surface area contributed by atoms with Gasteiger partial charge in [0.05, 0.1) is 30.4 Å². The summed E-state index contributed by atoms with van der Waals surface area (Å²) in [6.45, 7) is 8.34. The number of H-pyrrole nitrogens is 1. The Kier molecular flexibility index (Phi) is 5.49. The van der Waals surface area contributed by atoms with E-state index in [0.29, 0.717) is 25.2 Å². The molecule has 1 aliphatic heterocycles. The average Bonchev–Trinajstić information content (AvgIpc) is 3.50. The molecular formula is C27H30FN3O4. The van der Waals surface area contributed by atoms with E-state index < -0.39 is 17.0 Å². The molecule has 184 valence electrons. The number of benzene rings is 2. The van der Waals surface area contributed by atoms with Crippen LogP contribution in [-0.4, -0.2) is 51.8 Å². The normalized spacial score (nSPS) is 20.8. The highest BCUT2D eigenvalue weighted by Crippen LogP contribution is 2.47. The molecule has 2 aromatic heterocycles. The molecule has 8 heteroatoms. The number of hydrogen-bond acceptors (Lipinski definition) is 4. The van der Waals surface area contributed by atoms with Gasteiger partial charge in [-0.15, -0.1) is 0 Å². The van der Waals surface area contributed by atoms with Crippen molar-refractivity contribution in [3.05, 3.63) is 59.2 Å². The molecule has 35 heavy (non-hydrogen) atoms. The fraction of sp³-hybridized carbons (Fsp3) is 0.407. The number of aromatic nitrogens is 3. The monoisotopic (exact) mass is 479 g/mol. The maximum atomic E-state index is 14.2. The Labute approximate surface area is 202 Å². The number of hydrogen-bond donors (Lipinski definition) is 2. The van der Waals surface area contributed by atoms with Gasteiger partial charge in [-0.3, -0.25) is 5.10 Å². The van der Waals surface area contributed by atoms with Gasteiger partial charge in [0.2, 0.25) is 0 Å². The molecule has 3 heterocycles. The number of aromatic amines is 1. The average molecular weight is 480 g/mol. The van der Waals surface area contributed by atoms with E-state index in [2.05, 4.69) is 40.7 Å². The second-order valence-electron chi connectivity index (χ2n) is 10.4. The molecule has 7 nitrogen and oxygen atoms in total. The van der Waals surface area contributed by atoms with E-state index in [1.165, 1.54) is 6.07 Å². The summed E-state index contributed by atoms with van der Waals surface area (Å²) >= 11 is 0. The Morgan fingerprint density at radius 2 is 2.14 bits per heavy atom. The smallest absolute Gasteiger partial charge is 0.335 e. The summed E-state index contributed by atoms with van der Waals surface area (Å²) in [7, 11) is 1.67. The Balaban J connectivity index is 1.88. The van der Waals surface area contributed by atoms with Crippen LogP contribution in [0.2, 0.25) is 0 Å². The zero-order valence-electron chi connectivity index (χ0n) is 20.6. The Morgan fingerprint density at radius 1 is 1.37 bits per heavy atom. The van der Waals surface area contributed by atoms with Crippen molar-refractivity contribution in [2.24, 2.45) is 0 Å². The molecule has 0 amide bonds. The van der Waals surface area contributed by atoms with Gasteiger partial charge in [0.15, 0.2) is 5.60 Å². The van der Waals surface area contributed by atoms with Crippen molar-refractivity contribution in [2.45, 2.75) is 51.0 Å². The van der Waals surface area contributed by atoms with E-state index in [1.807, 2.05) is 6.07 Å². The number of halogens is 1. The van der Waals surface area contributed by atoms with Crippen LogP contribution in [0, 0.1) is 12.7 Å². The molecule has 0 radical (unpaired) electrons. The van der Waals surface area contributed by atoms with Crippen LogP contribution in [0.3, 0.4) is 0 Å². The molecule has 0 aliphatic carbocycles. The highest BCUT2D eigenvalue weighted by Gasteiger charge is 2.46. The van der Waals surface area contributed by atoms with Crippen molar-refractivity contribution in [3.8, 4) is 5.69 Å². The lowest BCUT2D eigenvalue weighted by molar-refractivity contribution is -0.157. The minimum atomic E-state index is -1.26. The maximum Gasteiger partial charge on any atom is 0.335 e. The predicted octanol–water partition coefficient (Wildman–Crippen LogP) is 5.23. The molecule has 1 aliphatic rings. The molecule has 1 fully saturated rings. The van der Waals surface area contributed by atoms with Crippen LogP contribution >= 0.6 is 0 Å². The summed E-state index contributed by atoms with van der Waals surface area (Å²) in [5.41, 5.74) is 3.56. The molecular weight excluding hydrogens is 449 g/mol. The number of rotatable bonds is 6. The van der Waals surface area contributed by atoms with Crippen molar-refractivity contribution in [1.82, 2.24) is 14.8 Å². The Hall–Kier alpha value is -3.23. The van der Waals surface area contributed by atoms with Crippen molar-refractivity contribution < 1.29 is 23.8 Å². The summed E-state index contributed by atoms with van der Waals surface area (Å²) in [6, 6.07) is 9.26. The number of carbonyl (C=O) groups is 1. The maximum absolute atomic E-state index is 14.2. The van der Waals surface area contributed by atoms with Crippen molar-refractivity contribution in [3.63, 3.8) is 0 Å². The molecule has 2 aromatic carbocycles. The van der Waals surface area contributed by atoms with Gasteiger partial charge in [-0.1, -0.05) is 13.8 Å². The van der Waals surface area contributed by atoms with Crippen LogP contribution in [0.15, 0.2) is 36.5 Å². The van der Waals surface area contributed by atoms with Gasteiger partial charge in [0, 0.05) is 40.6 Å². The van der Waals surface area contributed by atoms with Crippen LogP contribution in [0.5, 0.6) is 0 Å². The molecule has 1 saturated heterocycles. The second kappa shape index (κ2) is 8.17. The molecule has 1 unspecified atom stereocenters. The SMILES string of the molecule is COCC(C)(C)c1c(C2CO[C@@](C)(C(=O)O)C2)c2cc3[nH]ncc3cc2n1-c1ccc(F)c(C)c1. The number of carboxylic acids is 1. The lowest BCUT2D eigenvalue weighted by atomic mass is 9.81. The number of nitrogens with zero attached hydrogens (tertiary/aromatic N) is 2. The summed E-state index contributed by atoms with van der Waals surface area (Å²) in [5, 5.41) is 19.0. The van der Waals surface area contributed by atoms with Gasteiger partial charge < -0.3 is 19.1 Å². The first-order chi connectivity index (χ1) is 16.6. The largest absolute Gasteiger partial charge is 0.479 e. The lowest BCUT2D eigenvalue weighted by Crippen LogP contribution is -2.34. The zero-order chi connectivity index (χ0) is 25.1. The number of fused-ring (bicyclic) bond motifs is 2. The first kappa shape index (κ1) is 23.5. The topological polar surface area (TPSA) is 89.4 Å². The standard InChI is InChI=1S/C27H30FN3O4/c1-15-8-18(6-7-20(15)28)31-22-9-16-12-29-30-21(16)10-19(22)23(24(31)26(2,3)14-34-5)17-11-27(4,25(32)33)35-13-17/h6-10,12,17H,11,13-14H2,1-5H3,(H,29,30)(H,32,33)/t17?,27-/m1/s1. The van der Waals surface area contributed by atoms with Crippen LogP contribution in [0.25, 0.3) is 27.5 Å². The molecule has 0 saturated carbocycles. The van der Waals surface area contributed by atoms with Gasteiger partial charge in [0.1, 0.15) is 5.82 Å². The van der Waals surface area contributed by atoms with E-state index in [-0.39, 0.29) is 11.7 Å². The molecule has 5 rings (SSSR count). The van der Waals surface area contributed by atoms with Gasteiger partial charge >= 0.3 is 5.97 Å². The molecule has 0 spiro atoms. The van der Waals surface area contributed by atoms with Crippen molar-refractivity contribution >= 4 is 27.8 Å². The number of aryl methyl sites for hydroxylation is 1. The molecule has 2 atom stereocenters. The van der Waals surface area contributed by atoms with Gasteiger partial charge in [-0.2, -0.15) is 5.10 Å². The van der Waals surface area contributed by atoms with Crippen molar-refractivity contribution in [1.29, 1.82) is 0 Å². The first-order valence-corrected chi connectivity index (χ1v) is 11.7. The number of aliphatic carboxylic acids is 1. The van der Waals surface area contributed by atoms with Crippen LogP contribution in [-0.2, 0) is 19.7 Å². The summed E-state index contributed by atoms with van der Waals surface area (Å²) in [4.78, 5) is 12.0. The van der Waals surface area contributed by atoms with Crippen LogP contribution < -0.4 is 0 Å². The number of carboxylic acid groups (broad SMARTS) is 1. The van der Waals surface area contributed by atoms with Gasteiger partial charge in [0.25, 0.3) is 0 Å². The van der Waals surface area contributed by atoms with E-state index >= 15 is 0 Å². The quantitative estimate of drug-likeness (QED) is 0.396. The van der Waals surface area contributed by atoms with Crippen molar-refractivity contribution in [2.75, 3.05) is 20.3 Å². The van der Waals surface area contributed by atoms with Crippen LogP contribution in [0.1, 0.15) is 49.9 Å². The number of nitrogens with one attached hydrogen (secondary N) is 1. The van der Waals surface area contributed by atoms with Crippen LogP contribution in [0.4, 0.5) is 4.39 Å². The molecule has 0 bridgehead atoms. The summed E-state index contributed by atoms with van der Waals surface area (Å²) < 4.78 is 27.9. The number of methoxy groups -OCH3 is 1. The van der Waals surface area contributed by atoms with Gasteiger partial charge in [-0.05, 0) is 61.7 Å². The summed E-state index contributed by atoms with van der Waals surface area (Å²) in [6.07, 6.45) is 2.13. The van der Waals surface area contributed by atoms with E-state index in [4.69, 9.17) is 9.47 Å². The van der Waals surface area contributed by atoms with E-state index in [9.17, 15) is 14.3 Å². The zero-order valence-corrected chi connectivity index (χ0v) is 20.6. The van der Waals surface area contributed by atoms with E-state index in [0.717, 1.165) is 38.8 Å². The second-order valence-corrected chi connectivity index (χ2v) is 10.4. The first-order valence-electron chi connectivity index (χ1n) is 11.7. The highest BCUT2D eigenvalue weighted by molar-refractivity contribution is 5.99. The van der Waals surface area contributed by atoms with Gasteiger partial charge in [-0.25, -0.2) is 9.18 Å². The minimum Gasteiger partial charge on any atom is -0.479 e. The molecule has 4 aromatic rings. The fourth-order valence-electron chi connectivity index (χ4n) is 5.50. The number of ether oxygens (including phenoxy) is 2. The predicted molar refractivity (Wildman–Crippen MR) is 132 cm³/mol. The highest BCUT2D eigenvalue weighted by atomic mass is 19.1. The third-order valence-electron chi connectivity index (χ3n) is 7.21. The third kappa shape index (κ3) is 3.72. The van der Waals surface area contributed by atoms with E-state index in [1.54, 1.807) is 33.2 Å². The fourth-order valence-corrected chi connectivity index (χ4v) is 5.50. The minimum absolute atomic E-state index is 0.145. The third-order valence-corrected chi connectivity index (χ3v) is 7.21. The Bertz CT molecular complexity index is 1450. The summed E-state index contributed by atoms with van der Waals surface area (Å²) in [5.74, 6) is -1.37. The Morgan fingerprint density at radius 3 is 2.80 bits per heavy atom. The molecule has 2 N–H and O–H groups in total. The lowest BCUT2D eigenvalue weighted by Gasteiger charge is -2.29.